The van der Waals surface area contributed by atoms with Crippen molar-refractivity contribution in [2.45, 2.75) is 11.8 Å². The molecule has 1 aliphatic heterocycles. The highest BCUT2D eigenvalue weighted by Crippen LogP contribution is 2.33. The van der Waals surface area contributed by atoms with Gasteiger partial charge in [0, 0.05) is 5.39 Å². The number of rotatable bonds is 8. The molecule has 7 nitrogen and oxygen atoms in total. The summed E-state index contributed by atoms with van der Waals surface area (Å²) in [7, 11) is -3.97. The van der Waals surface area contributed by atoms with Gasteiger partial charge in [0.1, 0.15) is 23.0 Å². The number of benzene rings is 4. The van der Waals surface area contributed by atoms with Crippen LogP contribution in [0.25, 0.3) is 16.8 Å². The van der Waals surface area contributed by atoms with Crippen LogP contribution in [-0.2, 0) is 14.9 Å². The first-order valence-electron chi connectivity index (χ1n) is 11.8. The minimum absolute atomic E-state index is 0.0604. The van der Waals surface area contributed by atoms with Gasteiger partial charge in [0.2, 0.25) is 0 Å². The average Bonchev–Trinajstić information content (AvgIpc) is 3.17. The monoisotopic (exact) mass is 545 g/mol. The lowest BCUT2D eigenvalue weighted by Crippen LogP contribution is -2.32. The van der Waals surface area contributed by atoms with Gasteiger partial charge in [-0.25, -0.2) is 0 Å². The molecule has 38 heavy (non-hydrogen) atoms. The van der Waals surface area contributed by atoms with Crippen molar-refractivity contribution in [1.82, 2.24) is 4.90 Å². The van der Waals surface area contributed by atoms with E-state index in [1.807, 2.05) is 49.4 Å². The first-order valence-corrected chi connectivity index (χ1v) is 14.0. The molecule has 0 saturated carbocycles. The lowest BCUT2D eigenvalue weighted by atomic mass is 10.1. The van der Waals surface area contributed by atoms with Gasteiger partial charge >= 0.3 is 10.1 Å². The van der Waals surface area contributed by atoms with Crippen LogP contribution in [0.2, 0.25) is 0 Å². The number of thioether (sulfide) groups is 1. The Bertz CT molecular complexity index is 1640. The number of carbonyl (C=O) groups excluding carboxylic acids is 2. The van der Waals surface area contributed by atoms with Crippen LogP contribution in [-0.4, -0.2) is 37.6 Å². The van der Waals surface area contributed by atoms with Crippen LogP contribution in [0.4, 0.5) is 4.79 Å². The van der Waals surface area contributed by atoms with Gasteiger partial charge in [-0.05, 0) is 66.0 Å². The molecule has 1 aliphatic rings. The molecule has 0 bridgehead atoms. The van der Waals surface area contributed by atoms with Crippen molar-refractivity contribution in [3.63, 3.8) is 0 Å². The normalized spacial score (nSPS) is 14.9. The van der Waals surface area contributed by atoms with Crippen molar-refractivity contribution >= 4 is 49.9 Å². The van der Waals surface area contributed by atoms with Crippen molar-refractivity contribution in [2.24, 2.45) is 0 Å². The summed E-state index contributed by atoms with van der Waals surface area (Å²) in [4.78, 5) is 26.9. The first-order chi connectivity index (χ1) is 18.3. The highest BCUT2D eigenvalue weighted by molar-refractivity contribution is 8.18. The Hall–Kier alpha value is -4.08. The van der Waals surface area contributed by atoms with Crippen LogP contribution in [0.5, 0.6) is 11.5 Å². The summed E-state index contributed by atoms with van der Waals surface area (Å²) in [6.45, 7) is 2.15. The summed E-state index contributed by atoms with van der Waals surface area (Å²) in [6, 6.07) is 26.2. The predicted octanol–water partition coefficient (Wildman–Crippen LogP) is 6.03. The lowest BCUT2D eigenvalue weighted by molar-refractivity contribution is -0.123. The van der Waals surface area contributed by atoms with E-state index in [9.17, 15) is 18.0 Å². The van der Waals surface area contributed by atoms with E-state index in [1.54, 1.807) is 30.3 Å². The zero-order valence-corrected chi connectivity index (χ0v) is 22.0. The molecule has 0 radical (unpaired) electrons. The van der Waals surface area contributed by atoms with Crippen molar-refractivity contribution in [3.05, 3.63) is 107 Å². The number of fused-ring (bicyclic) bond motifs is 1. The fourth-order valence-corrected chi connectivity index (χ4v) is 5.71. The summed E-state index contributed by atoms with van der Waals surface area (Å²) in [5, 5.41) is 1.64. The van der Waals surface area contributed by atoms with Crippen LogP contribution in [0.3, 0.4) is 0 Å². The molecule has 0 unspecified atom stereocenters. The Morgan fingerprint density at radius 2 is 1.58 bits per heavy atom. The van der Waals surface area contributed by atoms with Crippen LogP contribution in [0.1, 0.15) is 11.1 Å². The number of aryl methyl sites for hydroxylation is 1. The lowest BCUT2D eigenvalue weighted by Gasteiger charge is -2.14. The summed E-state index contributed by atoms with van der Waals surface area (Å²) >= 11 is 0.854. The van der Waals surface area contributed by atoms with E-state index in [0.717, 1.165) is 33.0 Å². The van der Waals surface area contributed by atoms with Gasteiger partial charge in [-0.3, -0.25) is 14.5 Å². The van der Waals surface area contributed by atoms with Gasteiger partial charge in [0.15, 0.2) is 0 Å². The molecule has 1 heterocycles. The number of imide groups is 1. The molecule has 0 atom stereocenters. The zero-order chi connectivity index (χ0) is 26.7. The number of carbonyl (C=O) groups is 2. The Morgan fingerprint density at radius 3 is 2.34 bits per heavy atom. The van der Waals surface area contributed by atoms with Crippen LogP contribution in [0, 0.1) is 6.92 Å². The highest BCUT2D eigenvalue weighted by atomic mass is 32.2. The van der Waals surface area contributed by atoms with Gasteiger partial charge in [0.05, 0.1) is 11.4 Å². The molecule has 0 spiro atoms. The van der Waals surface area contributed by atoms with E-state index in [1.165, 1.54) is 24.3 Å². The van der Waals surface area contributed by atoms with E-state index >= 15 is 0 Å². The van der Waals surface area contributed by atoms with Gasteiger partial charge in [-0.2, -0.15) is 8.42 Å². The van der Waals surface area contributed by atoms with E-state index in [4.69, 9.17) is 8.92 Å². The Kier molecular flexibility index (Phi) is 7.22. The Morgan fingerprint density at radius 1 is 0.868 bits per heavy atom. The summed E-state index contributed by atoms with van der Waals surface area (Å²) in [5.41, 5.74) is 1.57. The van der Waals surface area contributed by atoms with E-state index in [2.05, 4.69) is 0 Å². The molecule has 4 aromatic rings. The van der Waals surface area contributed by atoms with Gasteiger partial charge in [-0.15, -0.1) is 0 Å². The number of nitrogens with zero attached hydrogens (tertiary/aromatic N) is 1. The molecule has 0 aliphatic carbocycles. The third kappa shape index (κ3) is 5.58. The molecule has 0 N–H and O–H groups in total. The molecule has 5 rings (SSSR count). The first kappa shape index (κ1) is 25.6. The summed E-state index contributed by atoms with van der Waals surface area (Å²) in [5.74, 6) is 0.433. The fourth-order valence-electron chi connectivity index (χ4n) is 3.91. The van der Waals surface area contributed by atoms with Crippen LogP contribution >= 0.6 is 11.8 Å². The molecule has 192 valence electrons. The van der Waals surface area contributed by atoms with Gasteiger partial charge in [-0.1, -0.05) is 66.2 Å². The number of hydrogen-bond acceptors (Lipinski definition) is 7. The summed E-state index contributed by atoms with van der Waals surface area (Å²) in [6.07, 6.45) is 1.59. The van der Waals surface area contributed by atoms with Crippen molar-refractivity contribution < 1.29 is 26.9 Å². The second-order valence-corrected chi connectivity index (χ2v) is 11.1. The molecular weight excluding hydrogens is 522 g/mol. The standard InChI is InChI=1S/C29H23NO6S2/c1-20-9-15-24(16-10-20)38(33,34)36-23-13-11-21(12-14-23)19-27-28(31)30(29(32)37-27)17-18-35-26-8-4-6-22-5-2-3-7-25(22)26/h2-16,19H,17-18H2,1H3/b27-19-. The van der Waals surface area contributed by atoms with E-state index < -0.39 is 16.0 Å². The second kappa shape index (κ2) is 10.7. The Balaban J connectivity index is 1.21. The topological polar surface area (TPSA) is 90.0 Å². The van der Waals surface area contributed by atoms with Gasteiger partial charge < -0.3 is 8.92 Å². The molecule has 1 saturated heterocycles. The number of amides is 2. The predicted molar refractivity (Wildman–Crippen MR) is 148 cm³/mol. The number of hydrogen-bond donors (Lipinski definition) is 0. The molecule has 0 aromatic heterocycles. The van der Waals surface area contributed by atoms with Crippen LogP contribution < -0.4 is 8.92 Å². The second-order valence-electron chi connectivity index (χ2n) is 8.58. The van der Waals surface area contributed by atoms with E-state index in [-0.39, 0.29) is 33.9 Å². The maximum absolute atomic E-state index is 12.9. The maximum Gasteiger partial charge on any atom is 0.339 e. The molecule has 2 amide bonds. The third-order valence-corrected chi connectivity index (χ3v) is 8.06. The minimum atomic E-state index is -3.97. The molecular formula is C29H23NO6S2. The highest BCUT2D eigenvalue weighted by Gasteiger charge is 2.34. The van der Waals surface area contributed by atoms with Crippen molar-refractivity contribution in [2.75, 3.05) is 13.2 Å². The van der Waals surface area contributed by atoms with Crippen molar-refractivity contribution in [3.8, 4) is 11.5 Å². The number of ether oxygens (including phenoxy) is 1. The zero-order valence-electron chi connectivity index (χ0n) is 20.4. The average molecular weight is 546 g/mol. The smallest absolute Gasteiger partial charge is 0.339 e. The molecule has 9 heteroatoms. The maximum atomic E-state index is 12.9. The molecule has 4 aromatic carbocycles. The Labute approximate surface area is 224 Å². The fraction of sp³-hybridized carbons (Fsp3) is 0.103. The SMILES string of the molecule is Cc1ccc(S(=O)(=O)Oc2ccc(/C=C3\SC(=O)N(CCOc4cccc5ccccc45)C3=O)cc2)cc1. The van der Waals surface area contributed by atoms with Crippen LogP contribution in [0.15, 0.2) is 101 Å². The van der Waals surface area contributed by atoms with Gasteiger partial charge in [0.25, 0.3) is 11.1 Å². The summed E-state index contributed by atoms with van der Waals surface area (Å²) < 4.78 is 36.1. The van der Waals surface area contributed by atoms with E-state index in [0.29, 0.717) is 11.3 Å². The largest absolute Gasteiger partial charge is 0.491 e. The quantitative estimate of drug-likeness (QED) is 0.197. The van der Waals surface area contributed by atoms with Crippen molar-refractivity contribution in [1.29, 1.82) is 0 Å². The molecule has 1 fully saturated rings. The third-order valence-electron chi connectivity index (χ3n) is 5.89. The minimum Gasteiger partial charge on any atom is -0.491 e.